The van der Waals surface area contributed by atoms with E-state index in [0.717, 1.165) is 33.5 Å². The third kappa shape index (κ3) is 3.40. The number of amides is 3. The van der Waals surface area contributed by atoms with Gasteiger partial charge in [0.1, 0.15) is 0 Å². The SMILES string of the molecule is Cc1ccccc1NC(=O)Nc1ccc(-c2cccc3c2CNC3=O)cc1. The second-order valence-corrected chi connectivity index (χ2v) is 6.49. The Labute approximate surface area is 157 Å². The molecule has 0 aliphatic carbocycles. The number of rotatable bonds is 3. The lowest BCUT2D eigenvalue weighted by Gasteiger charge is -2.11. The maximum atomic E-state index is 12.2. The molecule has 1 aliphatic heterocycles. The molecule has 0 saturated carbocycles. The Bertz CT molecular complexity index is 1030. The molecular formula is C22H19N3O2. The van der Waals surface area contributed by atoms with Crippen LogP contribution in [0.15, 0.2) is 66.7 Å². The topological polar surface area (TPSA) is 70.2 Å². The number of fused-ring (bicyclic) bond motifs is 1. The molecular weight excluding hydrogens is 338 g/mol. The van der Waals surface area contributed by atoms with Crippen LogP contribution < -0.4 is 16.0 Å². The Morgan fingerprint density at radius 3 is 2.41 bits per heavy atom. The van der Waals surface area contributed by atoms with Crippen LogP contribution in [0.4, 0.5) is 16.2 Å². The van der Waals surface area contributed by atoms with Crippen LogP contribution in [0, 0.1) is 6.92 Å². The number of hydrogen-bond donors (Lipinski definition) is 3. The van der Waals surface area contributed by atoms with Crippen molar-refractivity contribution in [3.05, 3.63) is 83.4 Å². The van der Waals surface area contributed by atoms with Gasteiger partial charge in [-0.25, -0.2) is 4.79 Å². The summed E-state index contributed by atoms with van der Waals surface area (Å²) in [4.78, 5) is 24.0. The number of aryl methyl sites for hydroxylation is 1. The molecule has 0 radical (unpaired) electrons. The minimum atomic E-state index is -0.285. The molecule has 0 saturated heterocycles. The maximum Gasteiger partial charge on any atom is 0.323 e. The van der Waals surface area contributed by atoms with Gasteiger partial charge in [0, 0.05) is 23.5 Å². The molecule has 27 heavy (non-hydrogen) atoms. The van der Waals surface area contributed by atoms with Crippen LogP contribution in [0.25, 0.3) is 11.1 Å². The van der Waals surface area contributed by atoms with Gasteiger partial charge in [-0.3, -0.25) is 4.79 Å². The average molecular weight is 357 g/mol. The third-order valence-corrected chi connectivity index (χ3v) is 4.69. The van der Waals surface area contributed by atoms with Crippen molar-refractivity contribution in [1.29, 1.82) is 0 Å². The Hall–Kier alpha value is -3.60. The molecule has 0 aromatic heterocycles. The van der Waals surface area contributed by atoms with E-state index >= 15 is 0 Å². The standard InChI is InChI=1S/C22H19N3O2/c1-14-5-2-3-8-20(14)25-22(27)24-16-11-9-15(10-12-16)17-6-4-7-18-19(17)13-23-21(18)26/h2-12H,13H2,1H3,(H,23,26)(H2,24,25,27). The Balaban J connectivity index is 1.49. The molecule has 3 N–H and O–H groups in total. The number of nitrogens with one attached hydrogen (secondary N) is 3. The fourth-order valence-corrected chi connectivity index (χ4v) is 3.26. The predicted octanol–water partition coefficient (Wildman–Crippen LogP) is 4.55. The first-order valence-corrected chi connectivity index (χ1v) is 8.76. The summed E-state index contributed by atoms with van der Waals surface area (Å²) >= 11 is 0. The van der Waals surface area contributed by atoms with Crippen LogP contribution in [-0.2, 0) is 6.54 Å². The van der Waals surface area contributed by atoms with E-state index < -0.39 is 0 Å². The third-order valence-electron chi connectivity index (χ3n) is 4.69. The summed E-state index contributed by atoms with van der Waals surface area (Å²) in [5, 5.41) is 8.54. The summed E-state index contributed by atoms with van der Waals surface area (Å²) in [5.41, 5.74) is 6.27. The zero-order valence-corrected chi connectivity index (χ0v) is 14.9. The van der Waals surface area contributed by atoms with Crippen molar-refractivity contribution in [3.8, 4) is 11.1 Å². The largest absolute Gasteiger partial charge is 0.348 e. The Morgan fingerprint density at radius 1 is 0.889 bits per heavy atom. The van der Waals surface area contributed by atoms with Crippen molar-refractivity contribution in [2.75, 3.05) is 10.6 Å². The summed E-state index contributed by atoms with van der Waals surface area (Å²) in [6, 6.07) is 20.7. The van der Waals surface area contributed by atoms with E-state index in [1.54, 1.807) is 0 Å². The lowest BCUT2D eigenvalue weighted by molar-refractivity contribution is 0.0965. The molecule has 0 atom stereocenters. The van der Waals surface area contributed by atoms with Crippen LogP contribution in [0.5, 0.6) is 0 Å². The van der Waals surface area contributed by atoms with Crippen molar-refractivity contribution >= 4 is 23.3 Å². The summed E-state index contributed by atoms with van der Waals surface area (Å²) < 4.78 is 0. The first kappa shape index (κ1) is 16.8. The van der Waals surface area contributed by atoms with Crippen LogP contribution in [0.2, 0.25) is 0 Å². The molecule has 0 bridgehead atoms. The van der Waals surface area contributed by atoms with Crippen molar-refractivity contribution in [2.45, 2.75) is 13.5 Å². The van der Waals surface area contributed by atoms with Crippen LogP contribution >= 0.6 is 0 Å². The summed E-state index contributed by atoms with van der Waals surface area (Å²) in [7, 11) is 0. The monoisotopic (exact) mass is 357 g/mol. The second kappa shape index (κ2) is 6.96. The number of urea groups is 1. The number of benzene rings is 3. The number of carbonyl (C=O) groups excluding carboxylic acids is 2. The second-order valence-electron chi connectivity index (χ2n) is 6.49. The minimum Gasteiger partial charge on any atom is -0.348 e. The highest BCUT2D eigenvalue weighted by Crippen LogP contribution is 2.30. The molecule has 0 fully saturated rings. The number of para-hydroxylation sites is 1. The van der Waals surface area contributed by atoms with Gasteiger partial charge in [0.05, 0.1) is 0 Å². The van der Waals surface area contributed by atoms with Gasteiger partial charge in [-0.2, -0.15) is 0 Å². The highest BCUT2D eigenvalue weighted by atomic mass is 16.2. The van der Waals surface area contributed by atoms with Crippen molar-refractivity contribution in [2.24, 2.45) is 0 Å². The van der Waals surface area contributed by atoms with E-state index in [9.17, 15) is 9.59 Å². The van der Waals surface area contributed by atoms with Gasteiger partial charge in [-0.1, -0.05) is 42.5 Å². The zero-order valence-electron chi connectivity index (χ0n) is 14.9. The van der Waals surface area contributed by atoms with Gasteiger partial charge in [0.15, 0.2) is 0 Å². The molecule has 1 heterocycles. The molecule has 3 aromatic carbocycles. The summed E-state index contributed by atoms with van der Waals surface area (Å²) in [5.74, 6) is -0.0296. The van der Waals surface area contributed by atoms with Crippen molar-refractivity contribution in [1.82, 2.24) is 5.32 Å². The van der Waals surface area contributed by atoms with Crippen molar-refractivity contribution < 1.29 is 9.59 Å². The van der Waals surface area contributed by atoms with E-state index in [0.29, 0.717) is 12.2 Å². The highest BCUT2D eigenvalue weighted by Gasteiger charge is 2.21. The van der Waals surface area contributed by atoms with Crippen LogP contribution in [0.3, 0.4) is 0 Å². The van der Waals surface area contributed by atoms with E-state index in [1.165, 1.54) is 0 Å². The van der Waals surface area contributed by atoms with Gasteiger partial charge in [-0.15, -0.1) is 0 Å². The fraction of sp³-hybridized carbons (Fsp3) is 0.0909. The van der Waals surface area contributed by atoms with E-state index in [2.05, 4.69) is 16.0 Å². The molecule has 0 spiro atoms. The quantitative estimate of drug-likeness (QED) is 0.643. The van der Waals surface area contributed by atoms with Gasteiger partial charge in [0.2, 0.25) is 0 Å². The van der Waals surface area contributed by atoms with E-state index in [1.807, 2.05) is 73.7 Å². The lowest BCUT2D eigenvalue weighted by atomic mass is 9.97. The van der Waals surface area contributed by atoms with Gasteiger partial charge >= 0.3 is 6.03 Å². The fourth-order valence-electron chi connectivity index (χ4n) is 3.26. The first-order valence-electron chi connectivity index (χ1n) is 8.76. The number of anilines is 2. The molecule has 5 heteroatoms. The normalized spacial score (nSPS) is 12.3. The number of hydrogen-bond acceptors (Lipinski definition) is 2. The first-order chi connectivity index (χ1) is 13.1. The molecule has 3 amide bonds. The molecule has 134 valence electrons. The molecule has 1 aliphatic rings. The van der Waals surface area contributed by atoms with Crippen LogP contribution in [0.1, 0.15) is 21.5 Å². The van der Waals surface area contributed by atoms with E-state index in [-0.39, 0.29) is 11.9 Å². The minimum absolute atomic E-state index is 0.0296. The van der Waals surface area contributed by atoms with Crippen LogP contribution in [-0.4, -0.2) is 11.9 Å². The molecule has 5 nitrogen and oxygen atoms in total. The van der Waals surface area contributed by atoms with Gasteiger partial charge in [0.25, 0.3) is 5.91 Å². The molecule has 4 rings (SSSR count). The van der Waals surface area contributed by atoms with Gasteiger partial charge < -0.3 is 16.0 Å². The smallest absolute Gasteiger partial charge is 0.323 e. The highest BCUT2D eigenvalue weighted by molar-refractivity contribution is 6.01. The summed E-state index contributed by atoms with van der Waals surface area (Å²) in [6.45, 7) is 2.49. The number of carbonyl (C=O) groups is 2. The maximum absolute atomic E-state index is 12.2. The zero-order chi connectivity index (χ0) is 18.8. The van der Waals surface area contributed by atoms with Crippen molar-refractivity contribution in [3.63, 3.8) is 0 Å². The average Bonchev–Trinajstić information content (AvgIpc) is 3.06. The predicted molar refractivity (Wildman–Crippen MR) is 107 cm³/mol. The van der Waals surface area contributed by atoms with E-state index in [4.69, 9.17) is 0 Å². The lowest BCUT2D eigenvalue weighted by Crippen LogP contribution is -2.19. The molecule has 3 aromatic rings. The van der Waals surface area contributed by atoms with Gasteiger partial charge in [-0.05, 0) is 53.4 Å². The summed E-state index contributed by atoms with van der Waals surface area (Å²) in [6.07, 6.45) is 0. The Morgan fingerprint density at radius 2 is 1.63 bits per heavy atom. The Kier molecular flexibility index (Phi) is 4.34. The molecule has 0 unspecified atom stereocenters.